The zero-order valence-electron chi connectivity index (χ0n) is 32.4. The molecular weight excluding hydrogens is 703 g/mol. The molecule has 7 rings (SSSR count). The SMILES string of the molecule is CC(C)=CCC/C(C)=C/CN1C(=O)[C@](O)([C@H](C)/C=C/CC(=O)N2Cc3ccccc3C[C@H]2CO)c2cc(N3C(=O)c4ccccc4Oc4ccccc43)ccc21. The van der Waals surface area contributed by atoms with Crippen LogP contribution in [0.2, 0.25) is 0 Å². The van der Waals surface area contributed by atoms with Gasteiger partial charge in [0.1, 0.15) is 5.75 Å². The number of benzene rings is 4. The highest BCUT2D eigenvalue weighted by molar-refractivity contribution is 6.15. The zero-order chi connectivity index (χ0) is 39.6. The molecule has 2 N–H and O–H groups in total. The van der Waals surface area contributed by atoms with Crippen LogP contribution in [0, 0.1) is 5.92 Å². The summed E-state index contributed by atoms with van der Waals surface area (Å²) in [5, 5.41) is 22.8. The van der Waals surface area contributed by atoms with E-state index in [0.29, 0.717) is 52.7 Å². The normalized spacial score (nSPS) is 19.5. The molecule has 3 aliphatic heterocycles. The van der Waals surface area contributed by atoms with Crippen LogP contribution in [0.25, 0.3) is 0 Å². The van der Waals surface area contributed by atoms with E-state index >= 15 is 0 Å². The van der Waals surface area contributed by atoms with Gasteiger partial charge in [0.25, 0.3) is 11.8 Å². The van der Waals surface area contributed by atoms with Gasteiger partial charge in [0.05, 0.1) is 29.6 Å². The lowest BCUT2D eigenvalue weighted by atomic mass is 9.82. The Morgan fingerprint density at radius 2 is 1.62 bits per heavy atom. The fraction of sp³-hybridized carbons (Fsp3) is 0.298. The van der Waals surface area contributed by atoms with Crippen molar-refractivity contribution in [2.75, 3.05) is 23.0 Å². The van der Waals surface area contributed by atoms with Crippen LogP contribution in [-0.2, 0) is 28.2 Å². The summed E-state index contributed by atoms with van der Waals surface area (Å²) in [4.78, 5) is 47.3. The van der Waals surface area contributed by atoms with Crippen LogP contribution in [0.15, 0.2) is 126 Å². The lowest BCUT2D eigenvalue weighted by Crippen LogP contribution is -2.46. The summed E-state index contributed by atoms with van der Waals surface area (Å²) in [5.74, 6) is -0.758. The van der Waals surface area contributed by atoms with Gasteiger partial charge in [0, 0.05) is 36.7 Å². The molecule has 4 aromatic carbocycles. The first-order chi connectivity index (χ1) is 27.0. The molecule has 3 aliphatic rings. The van der Waals surface area contributed by atoms with E-state index in [-0.39, 0.29) is 37.4 Å². The van der Waals surface area contributed by atoms with Crippen LogP contribution in [-0.4, -0.2) is 52.0 Å². The predicted octanol–water partition coefficient (Wildman–Crippen LogP) is 8.53. The van der Waals surface area contributed by atoms with E-state index in [4.69, 9.17) is 4.74 Å². The molecule has 0 fully saturated rings. The van der Waals surface area contributed by atoms with Crippen LogP contribution >= 0.6 is 0 Å². The number of carbonyl (C=O) groups is 3. The molecule has 0 saturated carbocycles. The third-order valence-electron chi connectivity index (χ3n) is 11.1. The Morgan fingerprint density at radius 1 is 0.911 bits per heavy atom. The lowest BCUT2D eigenvalue weighted by Gasteiger charge is -2.36. The number of amides is 3. The number of rotatable bonds is 11. The Labute approximate surface area is 328 Å². The smallest absolute Gasteiger partial charge is 0.266 e. The molecule has 0 spiro atoms. The van der Waals surface area contributed by atoms with Gasteiger partial charge in [-0.3, -0.25) is 19.3 Å². The summed E-state index contributed by atoms with van der Waals surface area (Å²) in [7, 11) is 0. The summed E-state index contributed by atoms with van der Waals surface area (Å²) in [6.45, 7) is 8.48. The van der Waals surface area contributed by atoms with Crippen molar-refractivity contribution >= 4 is 34.8 Å². The number of fused-ring (bicyclic) bond motifs is 4. The molecule has 3 atom stereocenters. The van der Waals surface area contributed by atoms with Crippen LogP contribution < -0.4 is 14.5 Å². The molecule has 0 bridgehead atoms. The Hall–Kier alpha value is -5.77. The molecule has 9 nitrogen and oxygen atoms in total. The monoisotopic (exact) mass is 751 g/mol. The first-order valence-electron chi connectivity index (χ1n) is 19.3. The predicted molar refractivity (Wildman–Crippen MR) is 219 cm³/mol. The van der Waals surface area contributed by atoms with Gasteiger partial charge >= 0.3 is 0 Å². The topological polar surface area (TPSA) is 111 Å². The molecule has 3 heterocycles. The summed E-state index contributed by atoms with van der Waals surface area (Å²) in [5.41, 5.74) is 4.86. The van der Waals surface area contributed by atoms with Crippen LogP contribution in [0.5, 0.6) is 11.5 Å². The number of allylic oxidation sites excluding steroid dienone is 3. The highest BCUT2D eigenvalue weighted by Crippen LogP contribution is 2.49. The summed E-state index contributed by atoms with van der Waals surface area (Å²) < 4.78 is 6.23. The van der Waals surface area contributed by atoms with E-state index < -0.39 is 17.4 Å². The Balaban J connectivity index is 1.22. The van der Waals surface area contributed by atoms with Crippen molar-refractivity contribution in [3.63, 3.8) is 0 Å². The minimum absolute atomic E-state index is 0.0377. The van der Waals surface area contributed by atoms with Gasteiger partial charge < -0.3 is 24.7 Å². The van der Waals surface area contributed by atoms with Gasteiger partial charge in [-0.05, 0) is 93.6 Å². The zero-order valence-corrected chi connectivity index (χ0v) is 32.4. The van der Waals surface area contributed by atoms with Gasteiger partial charge in [-0.25, -0.2) is 0 Å². The highest BCUT2D eigenvalue weighted by atomic mass is 16.5. The largest absolute Gasteiger partial charge is 0.454 e. The Morgan fingerprint density at radius 3 is 2.39 bits per heavy atom. The van der Waals surface area contributed by atoms with Gasteiger partial charge in [0.2, 0.25) is 5.91 Å². The van der Waals surface area contributed by atoms with Crippen LogP contribution in [0.4, 0.5) is 17.1 Å². The second-order valence-electron chi connectivity index (χ2n) is 15.2. The maximum atomic E-state index is 14.6. The van der Waals surface area contributed by atoms with Crippen molar-refractivity contribution in [1.29, 1.82) is 0 Å². The number of nitrogens with zero attached hydrogens (tertiary/aromatic N) is 3. The second kappa shape index (κ2) is 16.1. The third kappa shape index (κ3) is 7.32. The number of anilines is 3. The molecule has 0 aliphatic carbocycles. The molecule has 0 aromatic heterocycles. The minimum atomic E-state index is -2.00. The second-order valence-corrected chi connectivity index (χ2v) is 15.2. The van der Waals surface area contributed by atoms with E-state index in [1.165, 1.54) is 5.57 Å². The number of hydrogen-bond donors (Lipinski definition) is 2. The summed E-state index contributed by atoms with van der Waals surface area (Å²) >= 11 is 0. The molecule has 9 heteroatoms. The number of carbonyl (C=O) groups excluding carboxylic acids is 3. The maximum absolute atomic E-state index is 14.6. The minimum Gasteiger partial charge on any atom is -0.454 e. The fourth-order valence-corrected chi connectivity index (χ4v) is 7.93. The first kappa shape index (κ1) is 38.5. The molecule has 3 amide bonds. The summed E-state index contributed by atoms with van der Waals surface area (Å²) in [6.07, 6.45) is 9.99. The van der Waals surface area contributed by atoms with E-state index in [2.05, 4.69) is 19.9 Å². The average Bonchev–Trinajstić information content (AvgIpc) is 3.33. The fourth-order valence-electron chi connectivity index (χ4n) is 7.93. The van der Waals surface area contributed by atoms with Crippen molar-refractivity contribution in [2.24, 2.45) is 5.92 Å². The quantitative estimate of drug-likeness (QED) is 0.149. The van der Waals surface area contributed by atoms with Crippen LogP contribution in [0.3, 0.4) is 0 Å². The number of aliphatic hydroxyl groups is 2. The van der Waals surface area contributed by atoms with Crippen molar-refractivity contribution in [3.05, 3.63) is 149 Å². The van der Waals surface area contributed by atoms with Crippen LogP contribution in [0.1, 0.15) is 74.0 Å². The highest BCUT2D eigenvalue weighted by Gasteiger charge is 2.52. The molecule has 0 radical (unpaired) electrons. The summed E-state index contributed by atoms with van der Waals surface area (Å²) in [6, 6.07) is 27.3. The van der Waals surface area contributed by atoms with Crippen molar-refractivity contribution in [1.82, 2.24) is 4.90 Å². The van der Waals surface area contributed by atoms with Gasteiger partial charge in [-0.15, -0.1) is 0 Å². The average molecular weight is 752 g/mol. The molecule has 4 aromatic rings. The van der Waals surface area contributed by atoms with E-state index in [1.807, 2.05) is 61.5 Å². The van der Waals surface area contributed by atoms with Gasteiger partial charge in [-0.1, -0.05) is 90.9 Å². The number of ether oxygens (including phenoxy) is 1. The Kier molecular flexibility index (Phi) is 11.1. The van der Waals surface area contributed by atoms with Crippen molar-refractivity contribution < 1.29 is 29.3 Å². The number of hydrogen-bond acceptors (Lipinski definition) is 6. The molecular formula is C47H49N3O6. The number of aliphatic hydroxyl groups excluding tert-OH is 1. The standard InChI is InChI=1S/C47H49N3O6/c1-31(2)13-11-14-32(3)25-26-48-40-24-23-36(50-41-19-8-10-21-43(41)56-42-20-9-7-18-38(42)45(50)53)28-39(40)47(55,46(48)54)33(4)15-12-22-44(52)49-29-35-17-6-5-16-34(35)27-37(49)30-51/h5-10,12-13,15-21,23-25,28,33,37,51,55H,11,14,22,26-27,29-30H2,1-4H3/b15-12+,32-25+/t33-,37+,47+/m1/s1. The van der Waals surface area contributed by atoms with Gasteiger partial charge in [-0.2, -0.15) is 0 Å². The van der Waals surface area contributed by atoms with Crippen molar-refractivity contribution in [2.45, 2.75) is 71.6 Å². The van der Waals surface area contributed by atoms with E-state index in [9.17, 15) is 24.6 Å². The van der Waals surface area contributed by atoms with Crippen molar-refractivity contribution in [3.8, 4) is 11.5 Å². The van der Waals surface area contributed by atoms with E-state index in [1.54, 1.807) is 76.2 Å². The maximum Gasteiger partial charge on any atom is 0.266 e. The lowest BCUT2D eigenvalue weighted by molar-refractivity contribution is -0.139. The third-order valence-corrected chi connectivity index (χ3v) is 11.1. The first-order valence-corrected chi connectivity index (χ1v) is 19.3. The molecule has 288 valence electrons. The molecule has 56 heavy (non-hydrogen) atoms. The Bertz CT molecular complexity index is 2250. The number of para-hydroxylation sites is 3. The molecule has 0 unspecified atom stereocenters. The van der Waals surface area contributed by atoms with Gasteiger partial charge in [0.15, 0.2) is 11.4 Å². The van der Waals surface area contributed by atoms with E-state index in [0.717, 1.165) is 29.5 Å². The molecule has 0 saturated heterocycles.